The van der Waals surface area contributed by atoms with Gasteiger partial charge in [0.05, 0.1) is 23.4 Å². The maximum absolute atomic E-state index is 12.8. The number of nitrogens with one attached hydrogen (secondary N) is 1. The van der Waals surface area contributed by atoms with E-state index in [1.807, 2.05) is 20.8 Å². The summed E-state index contributed by atoms with van der Waals surface area (Å²) >= 11 is 0. The normalized spacial score (nSPS) is 21.7. The van der Waals surface area contributed by atoms with Gasteiger partial charge in [0.1, 0.15) is 5.78 Å². The van der Waals surface area contributed by atoms with Crippen LogP contribution in [0.2, 0.25) is 0 Å². The van der Waals surface area contributed by atoms with Crippen molar-refractivity contribution in [2.75, 3.05) is 6.54 Å². The average Bonchev–Trinajstić information content (AvgIpc) is 2.55. The van der Waals surface area contributed by atoms with E-state index in [1.165, 1.54) is 19.1 Å². The van der Waals surface area contributed by atoms with Gasteiger partial charge in [-0.2, -0.15) is 13.2 Å². The molecule has 1 aromatic rings. The molecule has 1 fully saturated rings. The van der Waals surface area contributed by atoms with E-state index < -0.39 is 41.2 Å². The molecule has 0 radical (unpaired) electrons. The number of Topliss-reactive ketones (excluding diaryl/α,β-unsaturated/α-hetero) is 3. The van der Waals surface area contributed by atoms with Crippen LogP contribution < -0.4 is 5.32 Å². The summed E-state index contributed by atoms with van der Waals surface area (Å²) in [5.74, 6) is -3.41. The lowest BCUT2D eigenvalue weighted by Crippen LogP contribution is -2.63. The van der Waals surface area contributed by atoms with Gasteiger partial charge >= 0.3 is 6.18 Å². The van der Waals surface area contributed by atoms with Gasteiger partial charge in [-0.05, 0) is 43.0 Å². The van der Waals surface area contributed by atoms with Crippen LogP contribution in [0.1, 0.15) is 51.2 Å². The van der Waals surface area contributed by atoms with Gasteiger partial charge in [0, 0.05) is 0 Å². The van der Waals surface area contributed by atoms with Crippen LogP contribution in [0.5, 0.6) is 0 Å². The zero-order valence-corrected chi connectivity index (χ0v) is 15.8. The number of carbonyl (C=O) groups is 3. The zero-order chi connectivity index (χ0) is 20.6. The number of benzene rings is 1. The third-order valence-electron chi connectivity index (χ3n) is 4.82. The lowest BCUT2D eigenvalue weighted by atomic mass is 9.66. The number of halogens is 3. The van der Waals surface area contributed by atoms with Gasteiger partial charge in [-0.3, -0.25) is 14.4 Å². The summed E-state index contributed by atoms with van der Waals surface area (Å²) in [6.45, 7) is 7.91. The number of ketones is 3. The van der Waals surface area contributed by atoms with Gasteiger partial charge in [0.25, 0.3) is 0 Å². The molecule has 0 amide bonds. The van der Waals surface area contributed by atoms with Crippen molar-refractivity contribution in [1.29, 1.82) is 0 Å². The summed E-state index contributed by atoms with van der Waals surface area (Å²) in [4.78, 5) is 36.3. The topological polar surface area (TPSA) is 63.2 Å². The minimum Gasteiger partial charge on any atom is -0.306 e. The second-order valence-corrected chi connectivity index (χ2v) is 8.20. The second-order valence-electron chi connectivity index (χ2n) is 8.20. The molecule has 0 bridgehead atoms. The van der Waals surface area contributed by atoms with Crippen molar-refractivity contribution in [3.63, 3.8) is 0 Å². The van der Waals surface area contributed by atoms with Crippen LogP contribution in [0, 0.1) is 11.3 Å². The molecule has 148 valence electrons. The summed E-state index contributed by atoms with van der Waals surface area (Å²) in [5.41, 5.74) is -0.486. The van der Waals surface area contributed by atoms with Crippen molar-refractivity contribution in [2.45, 2.75) is 52.3 Å². The van der Waals surface area contributed by atoms with Gasteiger partial charge < -0.3 is 5.32 Å². The molecule has 27 heavy (non-hydrogen) atoms. The highest BCUT2D eigenvalue weighted by atomic mass is 19.4. The molecule has 3 unspecified atom stereocenters. The summed E-state index contributed by atoms with van der Waals surface area (Å²) < 4.78 is 38.3. The van der Waals surface area contributed by atoms with Crippen molar-refractivity contribution >= 4 is 17.3 Å². The minimum atomic E-state index is -4.48. The number of rotatable bonds is 6. The molecule has 0 heterocycles. The first kappa shape index (κ1) is 21.3. The van der Waals surface area contributed by atoms with E-state index in [-0.39, 0.29) is 11.2 Å². The zero-order valence-electron chi connectivity index (χ0n) is 15.8. The Morgan fingerprint density at radius 3 is 2.07 bits per heavy atom. The molecule has 0 aromatic heterocycles. The second kappa shape index (κ2) is 7.54. The van der Waals surface area contributed by atoms with Crippen LogP contribution in [0.15, 0.2) is 24.3 Å². The lowest BCUT2D eigenvalue weighted by molar-refractivity contribution is -0.152. The minimum absolute atomic E-state index is 0.0344. The Kier molecular flexibility index (Phi) is 5.94. The molecule has 1 saturated carbocycles. The number of carbonyl (C=O) groups excluding carboxylic acids is 3. The van der Waals surface area contributed by atoms with Crippen molar-refractivity contribution < 1.29 is 27.6 Å². The average molecular weight is 383 g/mol. The Hall–Kier alpha value is -2.02. The molecule has 1 aromatic carbocycles. The van der Waals surface area contributed by atoms with E-state index >= 15 is 0 Å². The summed E-state index contributed by atoms with van der Waals surface area (Å²) in [6.07, 6.45) is -3.72. The first-order valence-corrected chi connectivity index (χ1v) is 8.82. The quantitative estimate of drug-likeness (QED) is 0.764. The molecule has 1 aliphatic rings. The summed E-state index contributed by atoms with van der Waals surface area (Å²) in [6, 6.07) is 3.40. The van der Waals surface area contributed by atoms with E-state index in [1.54, 1.807) is 0 Å². The van der Waals surface area contributed by atoms with Gasteiger partial charge in [-0.1, -0.05) is 32.9 Å². The number of hydrogen-bond acceptors (Lipinski definition) is 4. The van der Waals surface area contributed by atoms with Crippen molar-refractivity contribution in [1.82, 2.24) is 5.32 Å². The summed E-state index contributed by atoms with van der Waals surface area (Å²) in [5, 5.41) is 3.04. The van der Waals surface area contributed by atoms with Crippen molar-refractivity contribution in [3.05, 3.63) is 35.4 Å². The first-order chi connectivity index (χ1) is 12.3. The van der Waals surface area contributed by atoms with Gasteiger partial charge in [-0.25, -0.2) is 0 Å². The van der Waals surface area contributed by atoms with Crippen LogP contribution in [0.25, 0.3) is 0 Å². The Morgan fingerprint density at radius 2 is 1.63 bits per heavy atom. The van der Waals surface area contributed by atoms with E-state index in [0.717, 1.165) is 18.6 Å². The standard InChI is InChI=1S/C20H24F3NO3/c1-11(25)14(12-5-7-13(8-6-12)20(21,22)23)15-16(18(27)17(15)26)24-10-9-19(2,3)4/h5-8,14-16,24H,9-10H2,1-4H3. The largest absolute Gasteiger partial charge is 0.416 e. The van der Waals surface area contributed by atoms with E-state index in [2.05, 4.69) is 5.32 Å². The van der Waals surface area contributed by atoms with Crippen LogP contribution in [-0.4, -0.2) is 29.9 Å². The third-order valence-corrected chi connectivity index (χ3v) is 4.82. The van der Waals surface area contributed by atoms with E-state index in [0.29, 0.717) is 12.1 Å². The molecule has 1 aliphatic carbocycles. The fourth-order valence-corrected chi connectivity index (χ4v) is 3.28. The van der Waals surface area contributed by atoms with Gasteiger partial charge in [-0.15, -0.1) is 0 Å². The Bertz CT molecular complexity index is 732. The van der Waals surface area contributed by atoms with Crippen molar-refractivity contribution in [3.8, 4) is 0 Å². The highest BCUT2D eigenvalue weighted by Crippen LogP contribution is 2.37. The van der Waals surface area contributed by atoms with Crippen LogP contribution in [0.3, 0.4) is 0 Å². The molecule has 1 N–H and O–H groups in total. The third kappa shape index (κ3) is 4.83. The molecule has 3 atom stereocenters. The van der Waals surface area contributed by atoms with Crippen LogP contribution in [-0.2, 0) is 20.6 Å². The molecule has 0 saturated heterocycles. The molecule has 2 rings (SSSR count). The Morgan fingerprint density at radius 1 is 1.07 bits per heavy atom. The SMILES string of the molecule is CC(=O)C(c1ccc(C(F)(F)F)cc1)C1C(=O)C(=O)C1NCCC(C)(C)C. The lowest BCUT2D eigenvalue weighted by Gasteiger charge is -2.38. The Balaban J connectivity index is 2.22. The maximum atomic E-state index is 12.8. The van der Waals surface area contributed by atoms with E-state index in [4.69, 9.17) is 0 Å². The molecular formula is C20H24F3NO3. The molecule has 7 heteroatoms. The maximum Gasteiger partial charge on any atom is 0.416 e. The van der Waals surface area contributed by atoms with Crippen LogP contribution >= 0.6 is 0 Å². The fraction of sp³-hybridized carbons (Fsp3) is 0.550. The highest BCUT2D eigenvalue weighted by molar-refractivity contribution is 6.48. The van der Waals surface area contributed by atoms with Gasteiger partial charge in [0.15, 0.2) is 0 Å². The highest BCUT2D eigenvalue weighted by Gasteiger charge is 2.54. The molecular weight excluding hydrogens is 359 g/mol. The van der Waals surface area contributed by atoms with Crippen LogP contribution in [0.4, 0.5) is 13.2 Å². The fourth-order valence-electron chi connectivity index (χ4n) is 3.28. The molecule has 4 nitrogen and oxygen atoms in total. The first-order valence-electron chi connectivity index (χ1n) is 8.82. The predicted octanol–water partition coefficient (Wildman–Crippen LogP) is 3.54. The monoisotopic (exact) mass is 383 g/mol. The smallest absolute Gasteiger partial charge is 0.306 e. The van der Waals surface area contributed by atoms with Crippen molar-refractivity contribution in [2.24, 2.45) is 11.3 Å². The Labute approximate surface area is 156 Å². The number of alkyl halides is 3. The van der Waals surface area contributed by atoms with E-state index in [9.17, 15) is 27.6 Å². The summed E-state index contributed by atoms with van der Waals surface area (Å²) in [7, 11) is 0. The molecule has 0 aliphatic heterocycles. The predicted molar refractivity (Wildman–Crippen MR) is 94.2 cm³/mol. The van der Waals surface area contributed by atoms with Gasteiger partial charge in [0.2, 0.25) is 11.6 Å². The molecule has 0 spiro atoms. The number of hydrogen-bond donors (Lipinski definition) is 1.